The maximum absolute atomic E-state index is 13.5. The van der Waals surface area contributed by atoms with Gasteiger partial charge in [0.25, 0.3) is 11.5 Å². The number of hydrogen-bond donors (Lipinski definition) is 2. The normalized spacial score (nSPS) is 17.3. The Kier molecular flexibility index (Phi) is 6.13. The van der Waals surface area contributed by atoms with Gasteiger partial charge in [-0.3, -0.25) is 9.59 Å². The van der Waals surface area contributed by atoms with Crippen LogP contribution in [-0.4, -0.2) is 47.7 Å². The molecule has 1 saturated heterocycles. The van der Waals surface area contributed by atoms with Gasteiger partial charge in [0.05, 0.1) is 12.7 Å². The van der Waals surface area contributed by atoms with Crippen LogP contribution < -0.4 is 10.3 Å². The number of amides is 1. The number of ether oxygens (including phenoxy) is 1. The predicted octanol–water partition coefficient (Wildman–Crippen LogP) is 3.19. The summed E-state index contributed by atoms with van der Waals surface area (Å²) in [5, 5.41) is 9.54. The number of rotatable bonds is 4. The molecule has 2 N–H and O–H groups in total. The molecule has 6 heteroatoms. The number of nitrogens with one attached hydrogen (secondary N) is 1. The van der Waals surface area contributed by atoms with Crippen molar-refractivity contribution < 1.29 is 14.6 Å². The van der Waals surface area contributed by atoms with Crippen LogP contribution in [0.25, 0.3) is 11.1 Å². The first-order chi connectivity index (χ1) is 13.8. The molecule has 1 unspecified atom stereocenters. The molecule has 6 nitrogen and oxygen atoms in total. The van der Waals surface area contributed by atoms with Gasteiger partial charge in [0.1, 0.15) is 5.75 Å². The minimum atomic E-state index is -0.284. The average molecular weight is 399 g/mol. The molecule has 2 heterocycles. The number of aromatic amines is 1. The number of carbonyl (C=O) groups is 1. The van der Waals surface area contributed by atoms with Gasteiger partial charge < -0.3 is 19.7 Å². The molecule has 1 atom stereocenters. The van der Waals surface area contributed by atoms with Crippen LogP contribution in [0.2, 0.25) is 0 Å². The molecule has 156 valence electrons. The molecule has 0 spiro atoms. The van der Waals surface area contributed by atoms with Gasteiger partial charge in [0, 0.05) is 37.0 Å². The smallest absolute Gasteiger partial charge is 0.257 e. The molecule has 1 aliphatic rings. The fourth-order valence-electron chi connectivity index (χ4n) is 3.94. The van der Waals surface area contributed by atoms with Gasteiger partial charge in [-0.2, -0.15) is 0 Å². The zero-order valence-corrected chi connectivity index (χ0v) is 17.6. The number of H-pyrrole nitrogens is 1. The Morgan fingerprint density at radius 2 is 2.10 bits per heavy atom. The van der Waals surface area contributed by atoms with Crippen molar-refractivity contribution >= 4 is 5.91 Å². The molecule has 1 aliphatic heterocycles. The van der Waals surface area contributed by atoms with E-state index >= 15 is 0 Å². The van der Waals surface area contributed by atoms with Gasteiger partial charge in [0.15, 0.2) is 0 Å². The summed E-state index contributed by atoms with van der Waals surface area (Å²) in [6.07, 6.45) is 3.38. The van der Waals surface area contributed by atoms with Crippen molar-refractivity contribution in [3.63, 3.8) is 0 Å². The van der Waals surface area contributed by atoms with Gasteiger partial charge in [-0.25, -0.2) is 0 Å². The molecular formula is C23H30N2O4. The van der Waals surface area contributed by atoms with Gasteiger partial charge in [-0.15, -0.1) is 0 Å². The molecule has 0 aliphatic carbocycles. The van der Waals surface area contributed by atoms with Crippen molar-refractivity contribution in [3.8, 4) is 16.9 Å². The maximum atomic E-state index is 13.5. The highest BCUT2D eigenvalue weighted by Crippen LogP contribution is 2.38. The summed E-state index contributed by atoms with van der Waals surface area (Å²) in [7, 11) is 1.57. The summed E-state index contributed by atoms with van der Waals surface area (Å²) in [5.41, 5.74) is 2.05. The van der Waals surface area contributed by atoms with Gasteiger partial charge in [-0.05, 0) is 54.0 Å². The number of nitrogens with zero attached hydrogens (tertiary/aromatic N) is 1. The SMILES string of the molecule is COc1c(C(=O)N2CCCC(CO)C2)cc(-c2ccc[nH]c2=O)cc1C(C)(C)C. The quantitative estimate of drug-likeness (QED) is 0.829. The minimum absolute atomic E-state index is 0.0770. The van der Waals surface area contributed by atoms with Crippen LogP contribution in [0.3, 0.4) is 0 Å². The maximum Gasteiger partial charge on any atom is 0.257 e. The summed E-state index contributed by atoms with van der Waals surface area (Å²) in [4.78, 5) is 30.3. The van der Waals surface area contributed by atoms with Gasteiger partial charge in [0.2, 0.25) is 0 Å². The van der Waals surface area contributed by atoms with E-state index in [4.69, 9.17) is 4.74 Å². The van der Waals surface area contributed by atoms with Crippen molar-refractivity contribution in [1.82, 2.24) is 9.88 Å². The highest BCUT2D eigenvalue weighted by molar-refractivity contribution is 5.99. The number of pyridine rings is 1. The fourth-order valence-corrected chi connectivity index (χ4v) is 3.94. The lowest BCUT2D eigenvalue weighted by molar-refractivity contribution is 0.0617. The molecular weight excluding hydrogens is 368 g/mol. The Morgan fingerprint density at radius 1 is 1.34 bits per heavy atom. The van der Waals surface area contributed by atoms with E-state index in [1.165, 1.54) is 0 Å². The van der Waals surface area contributed by atoms with Crippen LogP contribution in [0.15, 0.2) is 35.3 Å². The second-order valence-electron chi connectivity index (χ2n) is 8.71. The number of aliphatic hydroxyl groups excluding tert-OH is 1. The largest absolute Gasteiger partial charge is 0.496 e. The number of hydrogen-bond acceptors (Lipinski definition) is 4. The highest BCUT2D eigenvalue weighted by Gasteiger charge is 2.30. The molecule has 3 rings (SSSR count). The van der Waals surface area contributed by atoms with Crippen molar-refractivity contribution in [3.05, 3.63) is 51.9 Å². The van der Waals surface area contributed by atoms with Crippen LogP contribution in [-0.2, 0) is 5.41 Å². The van der Waals surface area contributed by atoms with Crippen molar-refractivity contribution in [1.29, 1.82) is 0 Å². The zero-order chi connectivity index (χ0) is 21.2. The van der Waals surface area contributed by atoms with Crippen LogP contribution >= 0.6 is 0 Å². The van der Waals surface area contributed by atoms with Crippen LogP contribution in [0.5, 0.6) is 5.75 Å². The Balaban J connectivity index is 2.16. The third kappa shape index (κ3) is 4.37. The van der Waals surface area contributed by atoms with E-state index in [1.54, 1.807) is 36.4 Å². The average Bonchev–Trinajstić information content (AvgIpc) is 2.72. The molecule has 29 heavy (non-hydrogen) atoms. The van der Waals surface area contributed by atoms with E-state index in [2.05, 4.69) is 25.8 Å². The molecule has 1 aromatic heterocycles. The van der Waals surface area contributed by atoms with Crippen LogP contribution in [0, 0.1) is 5.92 Å². The van der Waals surface area contributed by atoms with Crippen LogP contribution in [0.4, 0.5) is 0 Å². The standard InChI is InChI=1S/C23H30N2O4/c1-23(2,3)19-12-16(17-8-5-9-24-21(17)27)11-18(20(19)29-4)22(28)25-10-6-7-15(13-25)14-26/h5,8-9,11-12,15,26H,6-7,10,13-14H2,1-4H3,(H,24,27). The third-order valence-electron chi connectivity index (χ3n) is 5.53. The summed E-state index contributed by atoms with van der Waals surface area (Å²) in [6, 6.07) is 7.22. The number of benzene rings is 1. The molecule has 1 aromatic carbocycles. The lowest BCUT2D eigenvalue weighted by Gasteiger charge is -2.33. The Bertz CT molecular complexity index is 943. The highest BCUT2D eigenvalue weighted by atomic mass is 16.5. The van der Waals surface area contributed by atoms with Crippen LogP contribution in [0.1, 0.15) is 49.5 Å². The first kappa shape index (κ1) is 21.1. The van der Waals surface area contributed by atoms with Gasteiger partial charge >= 0.3 is 0 Å². The topological polar surface area (TPSA) is 82.6 Å². The number of aromatic nitrogens is 1. The lowest BCUT2D eigenvalue weighted by Crippen LogP contribution is -2.41. The molecule has 1 fully saturated rings. The number of carbonyl (C=O) groups excluding carboxylic acids is 1. The van der Waals surface area contributed by atoms with E-state index in [9.17, 15) is 14.7 Å². The molecule has 0 bridgehead atoms. The zero-order valence-electron chi connectivity index (χ0n) is 17.6. The number of likely N-dealkylation sites (tertiary alicyclic amines) is 1. The van der Waals surface area contributed by atoms with Crippen molar-refractivity contribution in [2.75, 3.05) is 26.8 Å². The fraction of sp³-hybridized carbons (Fsp3) is 0.478. The summed E-state index contributed by atoms with van der Waals surface area (Å²) >= 11 is 0. The first-order valence-electron chi connectivity index (χ1n) is 10.1. The Labute approximate surface area is 171 Å². The van der Waals surface area contributed by atoms with E-state index in [0.29, 0.717) is 35.5 Å². The minimum Gasteiger partial charge on any atom is -0.496 e. The monoisotopic (exact) mass is 398 g/mol. The van der Waals surface area contributed by atoms with E-state index < -0.39 is 0 Å². The van der Waals surface area contributed by atoms with Crippen molar-refractivity contribution in [2.45, 2.75) is 39.0 Å². The first-order valence-corrected chi connectivity index (χ1v) is 10.1. The Hall–Kier alpha value is -2.60. The lowest BCUT2D eigenvalue weighted by atomic mass is 9.83. The van der Waals surface area contributed by atoms with Crippen molar-refractivity contribution in [2.24, 2.45) is 5.92 Å². The number of aliphatic hydroxyl groups is 1. The number of piperidine rings is 1. The van der Waals surface area contributed by atoms with E-state index in [-0.39, 0.29) is 29.4 Å². The second kappa shape index (κ2) is 8.41. The third-order valence-corrected chi connectivity index (χ3v) is 5.53. The second-order valence-corrected chi connectivity index (χ2v) is 8.71. The molecule has 0 saturated carbocycles. The van der Waals surface area contributed by atoms with Gasteiger partial charge in [-0.1, -0.05) is 20.8 Å². The summed E-state index contributed by atoms with van der Waals surface area (Å²) < 4.78 is 5.71. The summed E-state index contributed by atoms with van der Waals surface area (Å²) in [6.45, 7) is 7.43. The van der Waals surface area contributed by atoms with E-state index in [1.807, 2.05) is 6.07 Å². The molecule has 0 radical (unpaired) electrons. The molecule has 2 aromatic rings. The van der Waals surface area contributed by atoms with E-state index in [0.717, 1.165) is 18.4 Å². The number of methoxy groups -OCH3 is 1. The summed E-state index contributed by atoms with van der Waals surface area (Å²) in [5.74, 6) is 0.519. The molecule has 1 amide bonds. The predicted molar refractivity (Wildman–Crippen MR) is 113 cm³/mol. The Morgan fingerprint density at radius 3 is 2.72 bits per heavy atom.